The van der Waals surface area contributed by atoms with Gasteiger partial charge in [0, 0.05) is 25.7 Å². The minimum Gasteiger partial charge on any atom is -0.338 e. The van der Waals surface area contributed by atoms with Gasteiger partial charge in [-0.25, -0.2) is 0 Å². The first-order chi connectivity index (χ1) is 9.74. The van der Waals surface area contributed by atoms with Gasteiger partial charge in [-0.3, -0.25) is 15.2 Å². The highest BCUT2D eigenvalue weighted by Crippen LogP contribution is 2.31. The average molecular weight is 294 g/mol. The van der Waals surface area contributed by atoms with E-state index in [1.165, 1.54) is 6.07 Å². The van der Waals surface area contributed by atoms with Crippen LogP contribution in [0.15, 0.2) is 12.1 Å². The van der Waals surface area contributed by atoms with Crippen LogP contribution in [0.1, 0.15) is 6.42 Å². The van der Waals surface area contributed by atoms with E-state index in [0.29, 0.717) is 11.8 Å². The summed E-state index contributed by atoms with van der Waals surface area (Å²) in [5.41, 5.74) is 0. The van der Waals surface area contributed by atoms with E-state index in [1.54, 1.807) is 6.07 Å². The second-order valence-electron chi connectivity index (χ2n) is 4.47. The molecule has 1 fully saturated rings. The number of thiophene rings is 1. The SMILES string of the molecule is O=[N+]([O-])c1ccc(-c2nc(N3CCCNCC3)n[nH]2)s1. The predicted molar refractivity (Wildman–Crippen MR) is 76.0 cm³/mol. The van der Waals surface area contributed by atoms with Crippen LogP contribution in [0.5, 0.6) is 0 Å². The highest BCUT2D eigenvalue weighted by molar-refractivity contribution is 7.18. The number of H-pyrrole nitrogens is 1. The third-order valence-electron chi connectivity index (χ3n) is 3.10. The maximum Gasteiger partial charge on any atom is 0.324 e. The molecule has 0 bridgehead atoms. The first-order valence-corrected chi connectivity index (χ1v) is 7.18. The van der Waals surface area contributed by atoms with Gasteiger partial charge in [0.05, 0.1) is 9.80 Å². The Bertz CT molecular complexity index is 602. The molecule has 9 heteroatoms. The van der Waals surface area contributed by atoms with Crippen LogP contribution < -0.4 is 10.2 Å². The molecule has 1 saturated heterocycles. The van der Waals surface area contributed by atoms with E-state index in [0.717, 1.165) is 48.8 Å². The van der Waals surface area contributed by atoms with Crippen LogP contribution in [-0.4, -0.2) is 46.3 Å². The maximum absolute atomic E-state index is 10.7. The minimum absolute atomic E-state index is 0.108. The van der Waals surface area contributed by atoms with Crippen molar-refractivity contribution in [3.8, 4) is 10.7 Å². The molecule has 0 amide bonds. The lowest BCUT2D eigenvalue weighted by atomic mass is 10.4. The molecule has 0 spiro atoms. The third kappa shape index (κ3) is 2.63. The van der Waals surface area contributed by atoms with Crippen molar-refractivity contribution in [2.24, 2.45) is 0 Å². The van der Waals surface area contributed by atoms with Crippen LogP contribution in [-0.2, 0) is 0 Å². The number of nitrogens with zero attached hydrogens (tertiary/aromatic N) is 4. The van der Waals surface area contributed by atoms with Gasteiger partial charge in [0.1, 0.15) is 0 Å². The van der Waals surface area contributed by atoms with Gasteiger partial charge in [-0.05, 0) is 19.0 Å². The summed E-state index contributed by atoms with van der Waals surface area (Å²) in [5, 5.41) is 21.2. The zero-order valence-electron chi connectivity index (χ0n) is 10.7. The summed E-state index contributed by atoms with van der Waals surface area (Å²) >= 11 is 1.09. The van der Waals surface area contributed by atoms with Crippen molar-refractivity contribution in [1.82, 2.24) is 20.5 Å². The Balaban J connectivity index is 1.79. The summed E-state index contributed by atoms with van der Waals surface area (Å²) in [6.45, 7) is 3.69. The molecule has 20 heavy (non-hydrogen) atoms. The quantitative estimate of drug-likeness (QED) is 0.652. The van der Waals surface area contributed by atoms with E-state index >= 15 is 0 Å². The summed E-state index contributed by atoms with van der Waals surface area (Å²) < 4.78 is 0. The normalized spacial score (nSPS) is 16.1. The number of nitro groups is 1. The van der Waals surface area contributed by atoms with E-state index in [-0.39, 0.29) is 5.00 Å². The Morgan fingerprint density at radius 1 is 1.35 bits per heavy atom. The molecule has 2 aromatic rings. The van der Waals surface area contributed by atoms with Gasteiger partial charge < -0.3 is 10.2 Å². The van der Waals surface area contributed by atoms with Crippen molar-refractivity contribution in [2.75, 3.05) is 31.1 Å². The van der Waals surface area contributed by atoms with Crippen molar-refractivity contribution >= 4 is 22.3 Å². The molecule has 106 valence electrons. The molecule has 3 rings (SSSR count). The lowest BCUT2D eigenvalue weighted by Crippen LogP contribution is -2.28. The third-order valence-corrected chi connectivity index (χ3v) is 4.15. The van der Waals surface area contributed by atoms with Crippen molar-refractivity contribution in [3.63, 3.8) is 0 Å². The van der Waals surface area contributed by atoms with E-state index in [1.807, 2.05) is 0 Å². The zero-order valence-corrected chi connectivity index (χ0v) is 11.5. The van der Waals surface area contributed by atoms with Crippen molar-refractivity contribution in [1.29, 1.82) is 0 Å². The molecular formula is C11H14N6O2S. The topological polar surface area (TPSA) is 100.0 Å². The number of hydrogen-bond donors (Lipinski definition) is 2. The smallest absolute Gasteiger partial charge is 0.324 e. The monoisotopic (exact) mass is 294 g/mol. The molecule has 3 heterocycles. The van der Waals surface area contributed by atoms with Gasteiger partial charge in [0.25, 0.3) is 0 Å². The van der Waals surface area contributed by atoms with Gasteiger partial charge in [0.2, 0.25) is 5.95 Å². The van der Waals surface area contributed by atoms with Crippen molar-refractivity contribution in [2.45, 2.75) is 6.42 Å². The standard InChI is InChI=1S/C11H14N6O2S/c18-17(19)9-3-2-8(20-9)10-13-11(15-14-10)16-6-1-4-12-5-7-16/h2-3,12H,1,4-7H2,(H,13,14,15). The van der Waals surface area contributed by atoms with Crippen LogP contribution in [0.25, 0.3) is 10.7 Å². The molecule has 0 aliphatic carbocycles. The fourth-order valence-corrected chi connectivity index (χ4v) is 2.86. The molecule has 8 nitrogen and oxygen atoms in total. The summed E-state index contributed by atoms with van der Waals surface area (Å²) in [6.07, 6.45) is 1.05. The largest absolute Gasteiger partial charge is 0.338 e. The van der Waals surface area contributed by atoms with Gasteiger partial charge in [-0.15, -0.1) is 5.10 Å². The fraction of sp³-hybridized carbons (Fsp3) is 0.455. The van der Waals surface area contributed by atoms with Crippen LogP contribution in [0, 0.1) is 10.1 Å². The Hall–Kier alpha value is -2.00. The van der Waals surface area contributed by atoms with E-state index in [9.17, 15) is 10.1 Å². The van der Waals surface area contributed by atoms with Crippen LogP contribution in [0.4, 0.5) is 10.9 Å². The Kier molecular flexibility index (Phi) is 3.61. The number of hydrogen-bond acceptors (Lipinski definition) is 7. The number of rotatable bonds is 3. The summed E-state index contributed by atoms with van der Waals surface area (Å²) in [7, 11) is 0. The molecule has 1 aliphatic rings. The second-order valence-corrected chi connectivity index (χ2v) is 5.53. The molecule has 0 saturated carbocycles. The highest BCUT2D eigenvalue weighted by atomic mass is 32.1. The molecule has 0 aromatic carbocycles. The Morgan fingerprint density at radius 2 is 2.25 bits per heavy atom. The van der Waals surface area contributed by atoms with E-state index < -0.39 is 4.92 Å². The highest BCUT2D eigenvalue weighted by Gasteiger charge is 2.17. The molecule has 2 N–H and O–H groups in total. The first kappa shape index (κ1) is 13.0. The maximum atomic E-state index is 10.7. The van der Waals surface area contributed by atoms with Crippen LogP contribution in [0.2, 0.25) is 0 Å². The number of aromatic amines is 1. The molecule has 0 unspecified atom stereocenters. The summed E-state index contributed by atoms with van der Waals surface area (Å²) in [6, 6.07) is 3.18. The Labute approximate surface area is 119 Å². The minimum atomic E-state index is -0.397. The van der Waals surface area contributed by atoms with Crippen LogP contribution in [0.3, 0.4) is 0 Å². The Morgan fingerprint density at radius 3 is 3.05 bits per heavy atom. The number of aromatic nitrogens is 3. The van der Waals surface area contributed by atoms with Gasteiger partial charge in [0.15, 0.2) is 5.82 Å². The van der Waals surface area contributed by atoms with Gasteiger partial charge in [-0.1, -0.05) is 11.3 Å². The molecule has 0 atom stereocenters. The molecule has 1 aliphatic heterocycles. The summed E-state index contributed by atoms with van der Waals surface area (Å²) in [5.74, 6) is 1.23. The molecular weight excluding hydrogens is 280 g/mol. The molecule has 0 radical (unpaired) electrons. The lowest BCUT2D eigenvalue weighted by Gasteiger charge is -2.16. The predicted octanol–water partition coefficient (Wildman–Crippen LogP) is 1.24. The lowest BCUT2D eigenvalue weighted by molar-refractivity contribution is -0.380. The van der Waals surface area contributed by atoms with Gasteiger partial charge in [-0.2, -0.15) is 4.98 Å². The zero-order chi connectivity index (χ0) is 13.9. The summed E-state index contributed by atoms with van der Waals surface area (Å²) in [4.78, 5) is 17.6. The van der Waals surface area contributed by atoms with Crippen molar-refractivity contribution in [3.05, 3.63) is 22.2 Å². The average Bonchev–Trinajstić information content (AvgIpc) is 3.02. The van der Waals surface area contributed by atoms with E-state index in [2.05, 4.69) is 25.4 Å². The van der Waals surface area contributed by atoms with Crippen molar-refractivity contribution < 1.29 is 4.92 Å². The first-order valence-electron chi connectivity index (χ1n) is 6.37. The van der Waals surface area contributed by atoms with E-state index in [4.69, 9.17) is 0 Å². The molecule has 2 aromatic heterocycles. The van der Waals surface area contributed by atoms with Gasteiger partial charge >= 0.3 is 5.00 Å². The van der Waals surface area contributed by atoms with Crippen LogP contribution >= 0.6 is 11.3 Å². The fourth-order valence-electron chi connectivity index (χ4n) is 2.10. The number of nitrogens with one attached hydrogen (secondary N) is 2. The number of anilines is 1. The second kappa shape index (κ2) is 5.55.